The number of carbonyl (C=O) groups is 1. The lowest BCUT2D eigenvalue weighted by Crippen LogP contribution is -2.29. The Morgan fingerprint density at radius 3 is 2.73 bits per heavy atom. The molecule has 1 saturated carbocycles. The molecule has 1 aliphatic rings. The Hall–Kier alpha value is -1.06. The van der Waals surface area contributed by atoms with Gasteiger partial charge in [0.2, 0.25) is 0 Å². The lowest BCUT2D eigenvalue weighted by Gasteiger charge is -2.05. The van der Waals surface area contributed by atoms with Gasteiger partial charge in [0.15, 0.2) is 0 Å². The molecule has 15 heavy (non-hydrogen) atoms. The number of halogens is 1. The first-order valence-corrected chi connectivity index (χ1v) is 5.27. The molecule has 1 amide bonds. The quantitative estimate of drug-likeness (QED) is 0.800. The molecule has 2 unspecified atom stereocenters. The zero-order chi connectivity index (χ0) is 11.0. The summed E-state index contributed by atoms with van der Waals surface area (Å²) < 4.78 is 0. The number of nitrogens with two attached hydrogens (primary N) is 1. The van der Waals surface area contributed by atoms with E-state index in [0.29, 0.717) is 10.6 Å². The number of benzene rings is 1. The van der Waals surface area contributed by atoms with Crippen molar-refractivity contribution in [1.82, 2.24) is 5.32 Å². The van der Waals surface area contributed by atoms with Crippen LogP contribution in [-0.4, -0.2) is 18.0 Å². The van der Waals surface area contributed by atoms with Gasteiger partial charge >= 0.3 is 0 Å². The van der Waals surface area contributed by atoms with Gasteiger partial charge in [0.1, 0.15) is 0 Å². The molecule has 0 spiro atoms. The van der Waals surface area contributed by atoms with Crippen LogP contribution in [0.25, 0.3) is 0 Å². The van der Waals surface area contributed by atoms with Crippen molar-refractivity contribution in [1.29, 1.82) is 0 Å². The predicted octanol–water partition coefficient (Wildman–Crippen LogP) is 1.48. The molecule has 0 aliphatic heterocycles. The summed E-state index contributed by atoms with van der Waals surface area (Å²) in [6.07, 6.45) is 0.866. The van der Waals surface area contributed by atoms with Gasteiger partial charge in [-0.25, -0.2) is 0 Å². The monoisotopic (exact) mass is 224 g/mol. The number of amides is 1. The van der Waals surface area contributed by atoms with E-state index in [1.54, 1.807) is 6.07 Å². The summed E-state index contributed by atoms with van der Waals surface area (Å²) in [4.78, 5) is 11.7. The summed E-state index contributed by atoms with van der Waals surface area (Å²) in [5, 5.41) is 3.44. The standard InChI is InChI=1S/C11H13ClN2O/c1-6-2-7(4-8(12)3-6)11(15)14-10-5-9(10)13/h2-4,9-10H,5,13H2,1H3,(H,14,15). The first-order chi connectivity index (χ1) is 7.06. The Bertz CT molecular complexity index is 385. The van der Waals surface area contributed by atoms with Gasteiger partial charge in [-0.15, -0.1) is 0 Å². The van der Waals surface area contributed by atoms with Gasteiger partial charge in [-0.1, -0.05) is 11.6 Å². The van der Waals surface area contributed by atoms with E-state index in [0.717, 1.165) is 12.0 Å². The second-order valence-corrected chi connectivity index (χ2v) is 4.43. The molecule has 0 heterocycles. The summed E-state index contributed by atoms with van der Waals surface area (Å²) >= 11 is 5.87. The van der Waals surface area contributed by atoms with Crippen LogP contribution in [0.4, 0.5) is 0 Å². The van der Waals surface area contributed by atoms with Crippen LogP contribution in [0.3, 0.4) is 0 Å². The normalized spacial score (nSPS) is 23.7. The van der Waals surface area contributed by atoms with E-state index in [2.05, 4.69) is 5.32 Å². The average Bonchev–Trinajstić information content (AvgIpc) is 2.79. The van der Waals surface area contributed by atoms with Crippen LogP contribution in [0.5, 0.6) is 0 Å². The Morgan fingerprint density at radius 2 is 2.20 bits per heavy atom. The Morgan fingerprint density at radius 1 is 1.53 bits per heavy atom. The highest BCUT2D eigenvalue weighted by atomic mass is 35.5. The van der Waals surface area contributed by atoms with Crippen molar-refractivity contribution in [3.63, 3.8) is 0 Å². The predicted molar refractivity (Wildman–Crippen MR) is 60.0 cm³/mol. The minimum Gasteiger partial charge on any atom is -0.348 e. The van der Waals surface area contributed by atoms with Crippen molar-refractivity contribution < 1.29 is 4.79 Å². The summed E-state index contributed by atoms with van der Waals surface area (Å²) in [5.41, 5.74) is 7.19. The van der Waals surface area contributed by atoms with Crippen molar-refractivity contribution >= 4 is 17.5 Å². The zero-order valence-electron chi connectivity index (χ0n) is 8.46. The van der Waals surface area contributed by atoms with Crippen LogP contribution in [-0.2, 0) is 0 Å². The molecule has 3 N–H and O–H groups in total. The van der Waals surface area contributed by atoms with Crippen molar-refractivity contribution in [2.45, 2.75) is 25.4 Å². The molecule has 3 nitrogen and oxygen atoms in total. The van der Waals surface area contributed by atoms with E-state index in [1.807, 2.05) is 19.1 Å². The minimum atomic E-state index is -0.0986. The fourth-order valence-corrected chi connectivity index (χ4v) is 1.79. The summed E-state index contributed by atoms with van der Waals surface area (Å²) in [5.74, 6) is -0.0986. The highest BCUT2D eigenvalue weighted by Gasteiger charge is 2.34. The minimum absolute atomic E-state index is 0.0986. The van der Waals surface area contributed by atoms with Crippen molar-refractivity contribution in [3.8, 4) is 0 Å². The maximum atomic E-state index is 11.7. The van der Waals surface area contributed by atoms with Crippen LogP contribution < -0.4 is 11.1 Å². The molecule has 1 aromatic rings. The number of nitrogens with one attached hydrogen (secondary N) is 1. The van der Waals surface area contributed by atoms with Crippen LogP contribution in [0, 0.1) is 6.92 Å². The van der Waals surface area contributed by atoms with Gasteiger partial charge in [0, 0.05) is 22.7 Å². The fourth-order valence-electron chi connectivity index (χ4n) is 1.50. The molecule has 1 aromatic carbocycles. The molecular weight excluding hydrogens is 212 g/mol. The first-order valence-electron chi connectivity index (χ1n) is 4.90. The molecule has 80 valence electrons. The molecule has 0 saturated heterocycles. The molecular formula is C11H13ClN2O. The third kappa shape index (κ3) is 2.49. The number of rotatable bonds is 2. The van der Waals surface area contributed by atoms with Crippen LogP contribution in [0.1, 0.15) is 22.3 Å². The second kappa shape index (κ2) is 3.83. The van der Waals surface area contributed by atoms with Crippen molar-refractivity contribution in [3.05, 3.63) is 34.3 Å². The maximum Gasteiger partial charge on any atom is 0.251 e. The van der Waals surface area contributed by atoms with Crippen LogP contribution >= 0.6 is 11.6 Å². The first kappa shape index (κ1) is 10.5. The van der Waals surface area contributed by atoms with Gasteiger partial charge in [-0.3, -0.25) is 4.79 Å². The molecule has 0 aromatic heterocycles. The third-order valence-electron chi connectivity index (χ3n) is 2.46. The SMILES string of the molecule is Cc1cc(Cl)cc(C(=O)NC2CC2N)c1. The highest BCUT2D eigenvalue weighted by molar-refractivity contribution is 6.31. The Kier molecular flexibility index (Phi) is 2.67. The second-order valence-electron chi connectivity index (χ2n) is 4.00. The van der Waals surface area contributed by atoms with E-state index >= 15 is 0 Å². The van der Waals surface area contributed by atoms with Crippen LogP contribution in [0.2, 0.25) is 5.02 Å². The molecule has 2 atom stereocenters. The largest absolute Gasteiger partial charge is 0.348 e. The average molecular weight is 225 g/mol. The van der Waals surface area contributed by atoms with Gasteiger partial charge in [-0.05, 0) is 37.1 Å². The number of hydrogen-bond acceptors (Lipinski definition) is 2. The summed E-state index contributed by atoms with van der Waals surface area (Å²) in [7, 11) is 0. The fraction of sp³-hybridized carbons (Fsp3) is 0.364. The summed E-state index contributed by atoms with van der Waals surface area (Å²) in [6, 6.07) is 5.56. The molecule has 0 radical (unpaired) electrons. The lowest BCUT2D eigenvalue weighted by molar-refractivity contribution is 0.0950. The molecule has 4 heteroatoms. The molecule has 0 bridgehead atoms. The smallest absolute Gasteiger partial charge is 0.251 e. The van der Waals surface area contributed by atoms with E-state index in [4.69, 9.17) is 17.3 Å². The lowest BCUT2D eigenvalue weighted by atomic mass is 10.1. The van der Waals surface area contributed by atoms with Gasteiger partial charge < -0.3 is 11.1 Å². The van der Waals surface area contributed by atoms with E-state index < -0.39 is 0 Å². The number of carbonyl (C=O) groups excluding carboxylic acids is 1. The van der Waals surface area contributed by atoms with Gasteiger partial charge in [0.05, 0.1) is 0 Å². The molecule has 1 aliphatic carbocycles. The van der Waals surface area contributed by atoms with E-state index in [1.165, 1.54) is 0 Å². The van der Waals surface area contributed by atoms with Crippen LogP contribution in [0.15, 0.2) is 18.2 Å². The van der Waals surface area contributed by atoms with Crippen molar-refractivity contribution in [2.75, 3.05) is 0 Å². The van der Waals surface area contributed by atoms with Gasteiger partial charge in [0.25, 0.3) is 5.91 Å². The molecule has 1 fully saturated rings. The summed E-state index contributed by atoms with van der Waals surface area (Å²) in [6.45, 7) is 1.91. The molecule has 2 rings (SSSR count). The van der Waals surface area contributed by atoms with Crippen molar-refractivity contribution in [2.24, 2.45) is 5.73 Å². The zero-order valence-corrected chi connectivity index (χ0v) is 9.21. The Balaban J connectivity index is 2.11. The van der Waals surface area contributed by atoms with E-state index in [9.17, 15) is 4.79 Å². The third-order valence-corrected chi connectivity index (χ3v) is 2.68. The maximum absolute atomic E-state index is 11.7. The number of hydrogen-bond donors (Lipinski definition) is 2. The van der Waals surface area contributed by atoms with Gasteiger partial charge in [-0.2, -0.15) is 0 Å². The Labute approximate surface area is 93.6 Å². The highest BCUT2D eigenvalue weighted by Crippen LogP contribution is 2.20. The number of aryl methyl sites for hydroxylation is 1. The topological polar surface area (TPSA) is 55.1 Å². The van der Waals surface area contributed by atoms with E-state index in [-0.39, 0.29) is 18.0 Å².